The van der Waals surface area contributed by atoms with Crippen molar-refractivity contribution in [1.82, 2.24) is 0 Å². The number of ether oxygens (including phenoxy) is 1. The van der Waals surface area contributed by atoms with Gasteiger partial charge in [-0.25, -0.2) is 4.39 Å². The Morgan fingerprint density at radius 2 is 2.27 bits per heavy atom. The summed E-state index contributed by atoms with van der Waals surface area (Å²) in [6.07, 6.45) is 0. The second-order valence-corrected chi connectivity index (χ2v) is 3.47. The molecule has 0 saturated carbocycles. The van der Waals surface area contributed by atoms with E-state index in [1.807, 2.05) is 0 Å². The molecule has 15 heavy (non-hydrogen) atoms. The topological polar surface area (TPSA) is 29.5 Å². The molecule has 0 aliphatic rings. The summed E-state index contributed by atoms with van der Waals surface area (Å²) in [5.74, 6) is -0.468. The molecule has 0 atom stereocenters. The van der Waals surface area contributed by atoms with Crippen LogP contribution in [-0.4, -0.2) is 11.7 Å². The van der Waals surface area contributed by atoms with E-state index in [-0.39, 0.29) is 24.0 Å². The van der Waals surface area contributed by atoms with E-state index >= 15 is 0 Å². The van der Waals surface area contributed by atoms with Crippen molar-refractivity contribution in [1.29, 1.82) is 0 Å². The van der Waals surface area contributed by atoms with Gasteiger partial charge in [0, 0.05) is 5.54 Å². The number of hydrogen-bond donors (Lipinski definition) is 1. The minimum Gasteiger partial charge on any atom is -0.485 e. The molecule has 0 spiro atoms. The van der Waals surface area contributed by atoms with Gasteiger partial charge >= 0.3 is 0 Å². The molecule has 82 valence electrons. The third kappa shape index (κ3) is 3.70. The number of hydrogen-bond acceptors (Lipinski definition) is 2. The van der Waals surface area contributed by atoms with Gasteiger partial charge in [0.1, 0.15) is 6.61 Å². The Hall–Kier alpha value is -0.770. The fourth-order valence-corrected chi connectivity index (χ4v) is 1.06. The van der Waals surface area contributed by atoms with Crippen LogP contribution in [0.25, 0.3) is 0 Å². The highest BCUT2D eigenvalue weighted by molar-refractivity contribution is 6.36. The molecule has 2 nitrogen and oxygen atoms in total. The van der Waals surface area contributed by atoms with Crippen LogP contribution in [0, 0.1) is 5.82 Å². The summed E-state index contributed by atoms with van der Waals surface area (Å²) in [4.78, 5) is 0. The first-order valence-corrected chi connectivity index (χ1v) is 4.95. The van der Waals surface area contributed by atoms with Gasteiger partial charge in [0.15, 0.2) is 11.6 Å². The Morgan fingerprint density at radius 1 is 1.53 bits per heavy atom. The molecule has 0 fully saturated rings. The highest BCUT2D eigenvalue weighted by Crippen LogP contribution is 2.19. The van der Waals surface area contributed by atoms with Crippen LogP contribution in [0.1, 0.15) is 5.56 Å². The molecule has 1 aromatic rings. The minimum atomic E-state index is -0.541. The smallest absolute Gasteiger partial charge is 0.165 e. The number of aliphatic hydroxyl groups excluding tert-OH is 1. The fraction of sp³-hybridized carbons (Fsp3) is 0.200. The van der Waals surface area contributed by atoms with Gasteiger partial charge in [-0.3, -0.25) is 0 Å². The Morgan fingerprint density at radius 3 is 2.80 bits per heavy atom. The third-order valence-corrected chi connectivity index (χ3v) is 2.26. The SMILES string of the molecule is OCc1ccc(OC/C(Cl)=C/Cl)c(F)c1. The molecule has 0 radical (unpaired) electrons. The summed E-state index contributed by atoms with van der Waals surface area (Å²) in [6.45, 7) is -0.194. The highest BCUT2D eigenvalue weighted by atomic mass is 35.5. The average Bonchev–Trinajstić information content (AvgIpc) is 2.26. The number of aliphatic hydroxyl groups is 1. The van der Waals surface area contributed by atoms with Gasteiger partial charge < -0.3 is 9.84 Å². The second kappa shape index (κ2) is 5.95. The molecule has 0 unspecified atom stereocenters. The van der Waals surface area contributed by atoms with E-state index in [4.69, 9.17) is 33.0 Å². The predicted octanol–water partition coefficient (Wildman–Crippen LogP) is 3.02. The summed E-state index contributed by atoms with van der Waals surface area (Å²) in [5, 5.41) is 9.03. The van der Waals surface area contributed by atoms with E-state index in [0.29, 0.717) is 5.56 Å². The zero-order valence-electron chi connectivity index (χ0n) is 7.71. The quantitative estimate of drug-likeness (QED) is 0.891. The summed E-state index contributed by atoms with van der Waals surface area (Å²) in [7, 11) is 0. The van der Waals surface area contributed by atoms with Crippen LogP contribution in [0.15, 0.2) is 28.8 Å². The Bertz CT molecular complexity index is 366. The largest absolute Gasteiger partial charge is 0.485 e. The first-order chi connectivity index (χ1) is 7.17. The van der Waals surface area contributed by atoms with Crippen LogP contribution >= 0.6 is 23.2 Å². The molecule has 0 heterocycles. The highest BCUT2D eigenvalue weighted by Gasteiger charge is 2.04. The molecular formula is C10H9Cl2FO2. The van der Waals surface area contributed by atoms with Gasteiger partial charge in [0.25, 0.3) is 0 Å². The van der Waals surface area contributed by atoms with Crippen LogP contribution in [0.2, 0.25) is 0 Å². The molecule has 5 heteroatoms. The predicted molar refractivity (Wildman–Crippen MR) is 57.6 cm³/mol. The fourth-order valence-electron chi connectivity index (χ4n) is 0.938. The van der Waals surface area contributed by atoms with E-state index in [1.165, 1.54) is 12.1 Å². The van der Waals surface area contributed by atoms with E-state index < -0.39 is 5.82 Å². The van der Waals surface area contributed by atoms with Gasteiger partial charge in [0.2, 0.25) is 0 Å². The van der Waals surface area contributed by atoms with Crippen LogP contribution in [0.5, 0.6) is 5.75 Å². The number of halogens is 3. The van der Waals surface area contributed by atoms with Crippen LogP contribution in [0.4, 0.5) is 4.39 Å². The Labute approximate surface area is 96.9 Å². The summed E-state index contributed by atoms with van der Waals surface area (Å²) in [5.41, 5.74) is 1.64. The van der Waals surface area contributed by atoms with Crippen molar-refractivity contribution in [2.24, 2.45) is 0 Å². The summed E-state index contributed by atoms with van der Waals surface area (Å²) < 4.78 is 18.3. The molecule has 0 amide bonds. The van der Waals surface area contributed by atoms with E-state index in [0.717, 1.165) is 5.54 Å². The zero-order valence-corrected chi connectivity index (χ0v) is 9.22. The zero-order chi connectivity index (χ0) is 11.3. The first-order valence-electron chi connectivity index (χ1n) is 4.14. The van der Waals surface area contributed by atoms with Crippen LogP contribution < -0.4 is 4.74 Å². The van der Waals surface area contributed by atoms with Crippen molar-refractivity contribution in [3.05, 3.63) is 40.1 Å². The maximum atomic E-state index is 13.3. The lowest BCUT2D eigenvalue weighted by atomic mass is 10.2. The van der Waals surface area contributed by atoms with Crippen molar-refractivity contribution >= 4 is 23.2 Å². The van der Waals surface area contributed by atoms with Crippen LogP contribution in [0.3, 0.4) is 0 Å². The molecule has 0 saturated heterocycles. The van der Waals surface area contributed by atoms with E-state index in [1.54, 1.807) is 6.07 Å². The maximum Gasteiger partial charge on any atom is 0.165 e. The van der Waals surface area contributed by atoms with Crippen molar-refractivity contribution < 1.29 is 14.2 Å². The van der Waals surface area contributed by atoms with Crippen molar-refractivity contribution in [3.8, 4) is 5.75 Å². The number of benzene rings is 1. The molecule has 0 aromatic heterocycles. The second-order valence-electron chi connectivity index (χ2n) is 2.77. The molecule has 0 aliphatic heterocycles. The standard InChI is InChI=1S/C10H9Cl2FO2/c11-4-8(12)6-15-10-2-1-7(5-14)3-9(10)13/h1-4,14H,5-6H2/b8-4-. The van der Waals surface area contributed by atoms with Gasteiger partial charge in [-0.2, -0.15) is 0 Å². The summed E-state index contributed by atoms with van der Waals surface area (Å²) in [6, 6.07) is 4.20. The van der Waals surface area contributed by atoms with E-state index in [2.05, 4.69) is 0 Å². The lowest BCUT2D eigenvalue weighted by molar-refractivity contribution is 0.280. The monoisotopic (exact) mass is 250 g/mol. The lowest BCUT2D eigenvalue weighted by Gasteiger charge is -2.06. The Balaban J connectivity index is 2.70. The van der Waals surface area contributed by atoms with Gasteiger partial charge in [-0.05, 0) is 17.7 Å². The molecule has 0 aliphatic carbocycles. The molecule has 1 aromatic carbocycles. The normalized spacial score (nSPS) is 11.6. The molecule has 0 bridgehead atoms. The first kappa shape index (κ1) is 12.3. The minimum absolute atomic E-state index is 0.0143. The van der Waals surface area contributed by atoms with Gasteiger partial charge in [-0.1, -0.05) is 29.3 Å². The van der Waals surface area contributed by atoms with Gasteiger partial charge in [-0.15, -0.1) is 0 Å². The van der Waals surface area contributed by atoms with E-state index in [9.17, 15) is 4.39 Å². The maximum absolute atomic E-state index is 13.3. The van der Waals surface area contributed by atoms with Crippen molar-refractivity contribution in [2.75, 3.05) is 6.61 Å². The van der Waals surface area contributed by atoms with Crippen molar-refractivity contribution in [3.63, 3.8) is 0 Å². The number of rotatable bonds is 4. The van der Waals surface area contributed by atoms with Crippen LogP contribution in [-0.2, 0) is 6.61 Å². The molecule has 1 rings (SSSR count). The average molecular weight is 251 g/mol. The Kier molecular flexibility index (Phi) is 4.88. The molecule has 1 N–H and O–H groups in total. The lowest BCUT2D eigenvalue weighted by Crippen LogP contribution is -1.99. The van der Waals surface area contributed by atoms with Gasteiger partial charge in [0.05, 0.1) is 11.6 Å². The molecular weight excluding hydrogens is 242 g/mol. The van der Waals surface area contributed by atoms with Crippen molar-refractivity contribution in [2.45, 2.75) is 6.61 Å². The summed E-state index contributed by atoms with van der Waals surface area (Å²) >= 11 is 10.9. The third-order valence-electron chi connectivity index (χ3n) is 1.66.